The maximum Gasteiger partial charge on any atom is 0.263 e. The van der Waals surface area contributed by atoms with Crippen LogP contribution < -0.4 is 4.90 Å². The van der Waals surface area contributed by atoms with Crippen molar-refractivity contribution in [1.82, 2.24) is 0 Å². The fraction of sp³-hybridized carbons (Fsp3) is 0.0455. The van der Waals surface area contributed by atoms with Gasteiger partial charge in [-0.2, -0.15) is 0 Å². The van der Waals surface area contributed by atoms with Crippen LogP contribution in [0.1, 0.15) is 16.7 Å². The lowest BCUT2D eigenvalue weighted by molar-refractivity contribution is -0.112. The van der Waals surface area contributed by atoms with Gasteiger partial charge in [-0.25, -0.2) is 8.78 Å². The number of nitrogens with zero attached hydrogens (tertiary/aromatic N) is 1. The Kier molecular flexibility index (Phi) is 3.88. The van der Waals surface area contributed by atoms with Gasteiger partial charge in [0.2, 0.25) is 0 Å². The molecule has 0 bridgehead atoms. The van der Waals surface area contributed by atoms with E-state index in [9.17, 15) is 13.6 Å². The summed E-state index contributed by atoms with van der Waals surface area (Å²) in [5, 5.41) is 0. The van der Waals surface area contributed by atoms with E-state index in [4.69, 9.17) is 0 Å². The summed E-state index contributed by atoms with van der Waals surface area (Å²) in [6.07, 6.45) is 1.82. The number of carbonyl (C=O) groups is 1. The van der Waals surface area contributed by atoms with E-state index >= 15 is 0 Å². The molecule has 3 aromatic carbocycles. The van der Waals surface area contributed by atoms with E-state index in [1.165, 1.54) is 17.9 Å². The first-order chi connectivity index (χ1) is 12.6. The number of para-hydroxylation sites is 1. The van der Waals surface area contributed by atoms with Gasteiger partial charge < -0.3 is 0 Å². The summed E-state index contributed by atoms with van der Waals surface area (Å²) in [6.45, 7) is 1.47. The lowest BCUT2D eigenvalue weighted by Crippen LogP contribution is -2.21. The van der Waals surface area contributed by atoms with Gasteiger partial charge in [-0.1, -0.05) is 48.5 Å². The Bertz CT molecular complexity index is 1040. The van der Waals surface area contributed by atoms with Crippen LogP contribution in [0.3, 0.4) is 0 Å². The minimum atomic E-state index is -0.937. The van der Waals surface area contributed by atoms with Gasteiger partial charge in [0.15, 0.2) is 11.6 Å². The molecule has 4 heteroatoms. The molecule has 4 rings (SSSR count). The fourth-order valence-corrected chi connectivity index (χ4v) is 3.22. The van der Waals surface area contributed by atoms with E-state index in [2.05, 4.69) is 0 Å². The van der Waals surface area contributed by atoms with Gasteiger partial charge in [-0.3, -0.25) is 9.69 Å². The zero-order valence-electron chi connectivity index (χ0n) is 14.0. The summed E-state index contributed by atoms with van der Waals surface area (Å²) >= 11 is 0. The number of hydrogen-bond acceptors (Lipinski definition) is 1. The van der Waals surface area contributed by atoms with Gasteiger partial charge in [-0.15, -0.1) is 0 Å². The Morgan fingerprint density at radius 2 is 1.54 bits per heavy atom. The van der Waals surface area contributed by atoms with Crippen molar-refractivity contribution in [3.8, 4) is 0 Å². The summed E-state index contributed by atoms with van der Waals surface area (Å²) in [6, 6.07) is 19.3. The second kappa shape index (κ2) is 6.23. The van der Waals surface area contributed by atoms with Crippen LogP contribution in [0.25, 0.3) is 11.6 Å². The monoisotopic (exact) mass is 347 g/mol. The van der Waals surface area contributed by atoms with Crippen LogP contribution >= 0.6 is 0 Å². The molecular weight excluding hydrogens is 332 g/mol. The number of rotatable bonds is 2. The van der Waals surface area contributed by atoms with Gasteiger partial charge in [0.25, 0.3) is 5.91 Å². The van der Waals surface area contributed by atoms with E-state index in [0.29, 0.717) is 16.9 Å². The third-order valence-electron chi connectivity index (χ3n) is 4.53. The summed E-state index contributed by atoms with van der Waals surface area (Å²) in [4.78, 5) is 14.6. The van der Waals surface area contributed by atoms with Gasteiger partial charge in [0.05, 0.1) is 16.9 Å². The van der Waals surface area contributed by atoms with E-state index in [1.807, 2.05) is 54.6 Å². The molecule has 0 aromatic heterocycles. The minimum absolute atomic E-state index is 0.106. The molecule has 0 aliphatic carbocycles. The maximum atomic E-state index is 14.1. The standard InChI is InChI=1S/C22H15F2NO/c1-14-19(12-11-18(23)21(14)24)25-20-10-6-5-9-16(20)17(22(25)26)13-15-7-3-2-4-8-15/h2-13H,1H3/b17-13-. The molecule has 0 saturated heterocycles. The molecule has 3 aromatic rings. The number of amides is 1. The molecule has 0 atom stereocenters. The average Bonchev–Trinajstić information content (AvgIpc) is 2.93. The number of hydrogen-bond donors (Lipinski definition) is 0. The molecule has 1 amide bonds. The number of benzene rings is 3. The van der Waals surface area contributed by atoms with Crippen molar-refractivity contribution in [3.05, 3.63) is 95.1 Å². The van der Waals surface area contributed by atoms with Crippen LogP contribution in [0.4, 0.5) is 20.2 Å². The van der Waals surface area contributed by atoms with E-state index in [-0.39, 0.29) is 11.5 Å². The smallest absolute Gasteiger partial charge is 0.263 e. The molecule has 1 heterocycles. The van der Waals surface area contributed by atoms with Gasteiger partial charge in [0, 0.05) is 11.1 Å². The Morgan fingerprint density at radius 3 is 2.31 bits per heavy atom. The van der Waals surface area contributed by atoms with Crippen molar-refractivity contribution in [2.75, 3.05) is 4.90 Å². The SMILES string of the molecule is Cc1c(N2C(=O)/C(=C\c3ccccc3)c3ccccc32)ccc(F)c1F. The predicted molar refractivity (Wildman–Crippen MR) is 99.0 cm³/mol. The first-order valence-electron chi connectivity index (χ1n) is 8.23. The van der Waals surface area contributed by atoms with Crippen LogP contribution in [-0.4, -0.2) is 5.91 Å². The van der Waals surface area contributed by atoms with Crippen LogP contribution in [-0.2, 0) is 4.79 Å². The predicted octanol–water partition coefficient (Wildman–Crippen LogP) is 5.49. The first kappa shape index (κ1) is 16.2. The third kappa shape index (κ3) is 2.51. The molecule has 0 saturated carbocycles. The zero-order valence-corrected chi connectivity index (χ0v) is 14.0. The number of anilines is 2. The number of halogens is 2. The largest absolute Gasteiger partial charge is 0.276 e. The Hall–Kier alpha value is -3.27. The highest BCUT2D eigenvalue weighted by atomic mass is 19.2. The zero-order chi connectivity index (χ0) is 18.3. The molecule has 0 spiro atoms. The van der Waals surface area contributed by atoms with Crippen LogP contribution in [0.15, 0.2) is 66.7 Å². The quantitative estimate of drug-likeness (QED) is 0.561. The topological polar surface area (TPSA) is 20.3 Å². The van der Waals surface area contributed by atoms with Crippen molar-refractivity contribution in [1.29, 1.82) is 0 Å². The molecule has 1 aliphatic heterocycles. The van der Waals surface area contributed by atoms with Crippen molar-refractivity contribution in [2.45, 2.75) is 6.92 Å². The van der Waals surface area contributed by atoms with Gasteiger partial charge >= 0.3 is 0 Å². The molecule has 2 nitrogen and oxygen atoms in total. The normalized spacial score (nSPS) is 14.8. The van der Waals surface area contributed by atoms with Crippen LogP contribution in [0, 0.1) is 18.6 Å². The molecular formula is C22H15F2NO. The van der Waals surface area contributed by atoms with Crippen LogP contribution in [0.5, 0.6) is 0 Å². The molecule has 0 unspecified atom stereocenters. The van der Waals surface area contributed by atoms with Crippen molar-refractivity contribution in [3.63, 3.8) is 0 Å². The average molecular weight is 347 g/mol. The van der Waals surface area contributed by atoms with E-state index < -0.39 is 11.6 Å². The van der Waals surface area contributed by atoms with Crippen molar-refractivity contribution >= 4 is 28.9 Å². The Balaban J connectivity index is 1.90. The summed E-state index contributed by atoms with van der Waals surface area (Å²) in [7, 11) is 0. The fourth-order valence-electron chi connectivity index (χ4n) is 3.22. The maximum absolute atomic E-state index is 14.1. The van der Waals surface area contributed by atoms with Gasteiger partial charge in [-0.05, 0) is 36.8 Å². The molecule has 0 N–H and O–H groups in total. The molecule has 0 radical (unpaired) electrons. The third-order valence-corrected chi connectivity index (χ3v) is 4.53. The highest BCUT2D eigenvalue weighted by Crippen LogP contribution is 2.43. The number of fused-ring (bicyclic) bond motifs is 1. The summed E-state index contributed by atoms with van der Waals surface area (Å²) in [5.41, 5.74) is 3.30. The van der Waals surface area contributed by atoms with E-state index in [0.717, 1.165) is 17.2 Å². The van der Waals surface area contributed by atoms with Crippen LogP contribution in [0.2, 0.25) is 0 Å². The highest BCUT2D eigenvalue weighted by molar-refractivity contribution is 6.38. The molecule has 128 valence electrons. The number of carbonyl (C=O) groups excluding carboxylic acids is 1. The van der Waals surface area contributed by atoms with Crippen molar-refractivity contribution < 1.29 is 13.6 Å². The summed E-state index contributed by atoms with van der Waals surface area (Å²) < 4.78 is 27.6. The van der Waals surface area contributed by atoms with Crippen molar-refractivity contribution in [2.24, 2.45) is 0 Å². The van der Waals surface area contributed by atoms with E-state index in [1.54, 1.807) is 6.07 Å². The molecule has 0 fully saturated rings. The minimum Gasteiger partial charge on any atom is -0.276 e. The second-order valence-electron chi connectivity index (χ2n) is 6.13. The molecule has 26 heavy (non-hydrogen) atoms. The summed E-state index contributed by atoms with van der Waals surface area (Å²) in [5.74, 6) is -2.12. The second-order valence-corrected chi connectivity index (χ2v) is 6.13. The Labute approximate surface area is 150 Å². The first-order valence-corrected chi connectivity index (χ1v) is 8.23. The molecule has 1 aliphatic rings. The lowest BCUT2D eigenvalue weighted by atomic mass is 10.0. The van der Waals surface area contributed by atoms with Gasteiger partial charge in [0.1, 0.15) is 0 Å². The Morgan fingerprint density at radius 1 is 0.846 bits per heavy atom. The highest BCUT2D eigenvalue weighted by Gasteiger charge is 2.34. The lowest BCUT2D eigenvalue weighted by Gasteiger charge is -2.20.